The van der Waals surface area contributed by atoms with E-state index in [1.54, 1.807) is 0 Å². The zero-order valence-electron chi connectivity index (χ0n) is 21.6. The second-order valence-electron chi connectivity index (χ2n) is 9.21. The molecule has 3 aliphatic carbocycles. The predicted molar refractivity (Wildman–Crippen MR) is 139 cm³/mol. The van der Waals surface area contributed by atoms with Crippen LogP contribution in [0.1, 0.15) is 78.6 Å². The van der Waals surface area contributed by atoms with Crippen molar-refractivity contribution in [3.05, 3.63) is 41.3 Å². The molecule has 1 aromatic heterocycles. The Kier molecular flexibility index (Phi) is 8.81. The minimum atomic E-state index is 0.516. The first kappa shape index (κ1) is 24.8. The van der Waals surface area contributed by atoms with Crippen molar-refractivity contribution < 1.29 is 0 Å². The highest BCUT2D eigenvalue weighted by Gasteiger charge is 2.35. The molecule has 0 radical (unpaired) electrons. The van der Waals surface area contributed by atoms with Gasteiger partial charge < -0.3 is 14.4 Å². The maximum absolute atomic E-state index is 5.18. The van der Waals surface area contributed by atoms with E-state index in [-0.39, 0.29) is 0 Å². The molecule has 1 saturated carbocycles. The van der Waals surface area contributed by atoms with Gasteiger partial charge in [0, 0.05) is 25.6 Å². The third-order valence-electron chi connectivity index (χ3n) is 7.33. The minimum Gasteiger partial charge on any atom is -0.341 e. The summed E-state index contributed by atoms with van der Waals surface area (Å²) in [6, 6.07) is 0. The summed E-state index contributed by atoms with van der Waals surface area (Å²) in [5.74, 6) is 3.91. The summed E-state index contributed by atoms with van der Waals surface area (Å²) in [6.07, 6.45) is 14.5. The highest BCUT2D eigenvalue weighted by atomic mass is 15.3. The van der Waals surface area contributed by atoms with Crippen LogP contribution in [0.15, 0.2) is 29.9 Å². The van der Waals surface area contributed by atoms with E-state index in [4.69, 9.17) is 4.98 Å². The number of allylic oxidation sites excluding steroid dienone is 5. The second kappa shape index (κ2) is 11.4. The number of imidazole rings is 1. The highest BCUT2D eigenvalue weighted by Crippen LogP contribution is 2.45. The molecule has 4 aliphatic rings. The van der Waals surface area contributed by atoms with Gasteiger partial charge in [-0.2, -0.15) is 0 Å². The Morgan fingerprint density at radius 1 is 0.938 bits per heavy atom. The van der Waals surface area contributed by atoms with Crippen molar-refractivity contribution in [1.82, 2.24) is 14.5 Å². The molecule has 4 heteroatoms. The van der Waals surface area contributed by atoms with Gasteiger partial charge >= 0.3 is 0 Å². The van der Waals surface area contributed by atoms with Crippen LogP contribution >= 0.6 is 0 Å². The number of rotatable bonds is 4. The van der Waals surface area contributed by atoms with Crippen LogP contribution in [-0.2, 0) is 6.54 Å². The largest absolute Gasteiger partial charge is 0.341 e. The van der Waals surface area contributed by atoms with Crippen LogP contribution in [0, 0.1) is 17.8 Å². The van der Waals surface area contributed by atoms with E-state index in [1.165, 1.54) is 42.3 Å². The van der Waals surface area contributed by atoms with Gasteiger partial charge in [0.05, 0.1) is 17.9 Å². The van der Waals surface area contributed by atoms with Gasteiger partial charge in [0.25, 0.3) is 0 Å². The number of anilines is 1. The molecule has 0 N–H and O–H groups in total. The molecule has 1 aliphatic heterocycles. The molecule has 32 heavy (non-hydrogen) atoms. The van der Waals surface area contributed by atoms with Crippen molar-refractivity contribution >= 4 is 12.0 Å². The van der Waals surface area contributed by atoms with Crippen molar-refractivity contribution in [2.45, 2.75) is 73.8 Å². The molecule has 0 bridgehead atoms. The minimum absolute atomic E-state index is 0.516. The first-order chi connectivity index (χ1) is 15.6. The fourth-order valence-electron chi connectivity index (χ4n) is 5.13. The monoisotopic (exact) mass is 438 g/mol. The molecule has 4 nitrogen and oxygen atoms in total. The van der Waals surface area contributed by atoms with Gasteiger partial charge in [0.1, 0.15) is 0 Å². The number of nitrogens with zero attached hydrogens (tertiary/aromatic N) is 4. The molecule has 1 saturated heterocycles. The molecular formula is C28H46N4. The van der Waals surface area contributed by atoms with Gasteiger partial charge in [-0.3, -0.25) is 0 Å². The molecule has 4 atom stereocenters. The van der Waals surface area contributed by atoms with E-state index >= 15 is 0 Å². The van der Waals surface area contributed by atoms with Gasteiger partial charge in [-0.05, 0) is 55.3 Å². The van der Waals surface area contributed by atoms with E-state index < -0.39 is 0 Å². The molecule has 2 heterocycles. The summed E-state index contributed by atoms with van der Waals surface area (Å²) in [6.45, 7) is 21.6. The SMILES string of the molecule is CC.CC.CCN1CCCN(c2nc3c(n2CC2=CC4CC4C=C2)C(C)C(C)C=C3)CC1. The molecule has 1 aromatic rings. The Balaban J connectivity index is 0.000000686. The van der Waals surface area contributed by atoms with Gasteiger partial charge in [-0.25, -0.2) is 4.98 Å². The van der Waals surface area contributed by atoms with Gasteiger partial charge in [0.2, 0.25) is 5.95 Å². The van der Waals surface area contributed by atoms with Crippen LogP contribution in [0.2, 0.25) is 0 Å². The third kappa shape index (κ3) is 5.22. The number of aromatic nitrogens is 2. The van der Waals surface area contributed by atoms with Crippen molar-refractivity contribution in [3.63, 3.8) is 0 Å². The van der Waals surface area contributed by atoms with E-state index in [0.29, 0.717) is 11.8 Å². The summed E-state index contributed by atoms with van der Waals surface area (Å²) in [7, 11) is 0. The van der Waals surface area contributed by atoms with Gasteiger partial charge in [-0.1, -0.05) is 72.8 Å². The molecular weight excluding hydrogens is 392 g/mol. The van der Waals surface area contributed by atoms with Crippen LogP contribution in [0.3, 0.4) is 0 Å². The topological polar surface area (TPSA) is 24.3 Å². The Morgan fingerprint density at radius 3 is 2.44 bits per heavy atom. The maximum Gasteiger partial charge on any atom is 0.206 e. The summed E-state index contributed by atoms with van der Waals surface area (Å²) in [4.78, 5) is 10.3. The Labute approximate surface area is 197 Å². The number of fused-ring (bicyclic) bond motifs is 2. The first-order valence-corrected chi connectivity index (χ1v) is 13.3. The number of hydrogen-bond donors (Lipinski definition) is 0. The fourth-order valence-corrected chi connectivity index (χ4v) is 5.13. The van der Waals surface area contributed by atoms with Gasteiger partial charge in [-0.15, -0.1) is 0 Å². The highest BCUT2D eigenvalue weighted by molar-refractivity contribution is 5.57. The van der Waals surface area contributed by atoms with Crippen LogP contribution in [0.4, 0.5) is 5.95 Å². The molecule has 2 fully saturated rings. The van der Waals surface area contributed by atoms with Crippen LogP contribution in [0.25, 0.3) is 6.08 Å². The Bertz CT molecular complexity index is 831. The zero-order valence-corrected chi connectivity index (χ0v) is 21.6. The summed E-state index contributed by atoms with van der Waals surface area (Å²) in [5, 5.41) is 0. The van der Waals surface area contributed by atoms with Crippen molar-refractivity contribution in [2.24, 2.45) is 17.8 Å². The van der Waals surface area contributed by atoms with Crippen molar-refractivity contribution in [1.29, 1.82) is 0 Å². The lowest BCUT2D eigenvalue weighted by Gasteiger charge is -2.27. The van der Waals surface area contributed by atoms with Gasteiger partial charge in [0.15, 0.2) is 0 Å². The average molecular weight is 439 g/mol. The summed E-state index contributed by atoms with van der Waals surface area (Å²) >= 11 is 0. The lowest BCUT2D eigenvalue weighted by molar-refractivity contribution is 0.310. The quantitative estimate of drug-likeness (QED) is 0.546. The molecule has 178 valence electrons. The average Bonchev–Trinajstić information content (AvgIpc) is 3.57. The molecule has 0 amide bonds. The molecule has 4 unspecified atom stereocenters. The Hall–Kier alpha value is -1.81. The van der Waals surface area contributed by atoms with Crippen molar-refractivity contribution in [2.75, 3.05) is 37.6 Å². The number of hydrogen-bond acceptors (Lipinski definition) is 3. The van der Waals surface area contributed by atoms with E-state index in [1.807, 2.05) is 27.7 Å². The standard InChI is InChI=1S/C24H34N4.2C2H6/c1-4-26-10-5-11-27(13-12-26)24-25-22-9-6-17(2)18(3)23(22)28(24)16-19-7-8-20-15-21(20)14-19;2*1-2/h6-9,14,17-18,20-21H,4-5,10-13,15-16H2,1-3H3;2*1-2H3. The normalized spacial score (nSPS) is 28.3. The summed E-state index contributed by atoms with van der Waals surface area (Å²) < 4.78 is 2.56. The third-order valence-corrected chi connectivity index (χ3v) is 7.33. The van der Waals surface area contributed by atoms with Crippen molar-refractivity contribution in [3.8, 4) is 0 Å². The van der Waals surface area contributed by atoms with E-state index in [0.717, 1.165) is 44.6 Å². The molecule has 0 aromatic carbocycles. The van der Waals surface area contributed by atoms with Crippen LogP contribution < -0.4 is 4.90 Å². The molecule has 5 rings (SSSR count). The fraction of sp³-hybridized carbons (Fsp3) is 0.679. The molecule has 0 spiro atoms. The number of likely N-dealkylation sites (N-methyl/N-ethyl adjacent to an activating group) is 1. The van der Waals surface area contributed by atoms with Crippen LogP contribution in [0.5, 0.6) is 0 Å². The first-order valence-electron chi connectivity index (χ1n) is 13.3. The summed E-state index contributed by atoms with van der Waals surface area (Å²) in [5.41, 5.74) is 4.11. The lowest BCUT2D eigenvalue weighted by atomic mass is 9.87. The maximum atomic E-state index is 5.18. The second-order valence-corrected chi connectivity index (χ2v) is 9.21. The Morgan fingerprint density at radius 2 is 1.72 bits per heavy atom. The van der Waals surface area contributed by atoms with E-state index in [9.17, 15) is 0 Å². The lowest BCUT2D eigenvalue weighted by Crippen LogP contribution is -2.32. The predicted octanol–water partition coefficient (Wildman–Crippen LogP) is 6.37. The van der Waals surface area contributed by atoms with Crippen LogP contribution in [-0.4, -0.2) is 47.2 Å². The zero-order chi connectivity index (χ0) is 23.3. The van der Waals surface area contributed by atoms with E-state index in [2.05, 4.69) is 65.5 Å². The smallest absolute Gasteiger partial charge is 0.206 e.